The van der Waals surface area contributed by atoms with Gasteiger partial charge in [-0.25, -0.2) is 4.98 Å². The normalized spacial score (nSPS) is 14.0. The fourth-order valence-corrected chi connectivity index (χ4v) is 2.13. The van der Waals surface area contributed by atoms with Crippen molar-refractivity contribution in [3.05, 3.63) is 59.8 Å². The number of ether oxygens (including phenoxy) is 1. The maximum Gasteiger partial charge on any atom is 0.123 e. The monoisotopic (exact) mass is 258 g/mol. The Labute approximate surface area is 112 Å². The summed E-state index contributed by atoms with van der Waals surface area (Å²) in [7, 11) is 1.60. The summed E-state index contributed by atoms with van der Waals surface area (Å²) in [6.45, 7) is 0. The van der Waals surface area contributed by atoms with E-state index in [0.717, 1.165) is 11.1 Å². The summed E-state index contributed by atoms with van der Waals surface area (Å²) in [5.74, 6) is 0.457. The number of nitrogens with zero attached hydrogens (tertiary/aromatic N) is 1. The van der Waals surface area contributed by atoms with E-state index in [2.05, 4.69) is 4.98 Å². The third-order valence-corrected chi connectivity index (χ3v) is 3.02. The van der Waals surface area contributed by atoms with Gasteiger partial charge in [-0.2, -0.15) is 0 Å². The molecule has 2 atom stereocenters. The van der Waals surface area contributed by atoms with Crippen LogP contribution in [0.2, 0.25) is 0 Å². The molecule has 2 unspecified atom stereocenters. The molecule has 4 nitrogen and oxygen atoms in total. The zero-order valence-electron chi connectivity index (χ0n) is 10.9. The van der Waals surface area contributed by atoms with Crippen molar-refractivity contribution in [1.29, 1.82) is 0 Å². The Kier molecular flexibility index (Phi) is 4.49. The van der Waals surface area contributed by atoms with Crippen molar-refractivity contribution in [3.8, 4) is 0 Å². The molecular weight excluding hydrogens is 240 g/mol. The predicted octanol–water partition coefficient (Wildman–Crippen LogP) is 1.95. The first-order valence-corrected chi connectivity index (χ1v) is 6.17. The van der Waals surface area contributed by atoms with Crippen molar-refractivity contribution in [2.75, 3.05) is 12.8 Å². The molecule has 1 aromatic heterocycles. The van der Waals surface area contributed by atoms with E-state index in [1.165, 1.54) is 0 Å². The van der Waals surface area contributed by atoms with Crippen LogP contribution in [0.5, 0.6) is 0 Å². The Bertz CT molecular complexity index is 517. The van der Waals surface area contributed by atoms with Crippen LogP contribution in [0, 0.1) is 0 Å². The van der Waals surface area contributed by atoms with Crippen molar-refractivity contribution >= 4 is 5.82 Å². The summed E-state index contributed by atoms with van der Waals surface area (Å²) in [6, 6.07) is 13.3. The number of anilines is 1. The van der Waals surface area contributed by atoms with E-state index in [4.69, 9.17) is 10.5 Å². The van der Waals surface area contributed by atoms with Gasteiger partial charge in [-0.15, -0.1) is 0 Å². The van der Waals surface area contributed by atoms with E-state index >= 15 is 0 Å². The maximum atomic E-state index is 10.3. The maximum absolute atomic E-state index is 10.3. The molecule has 2 rings (SSSR count). The minimum atomic E-state index is -0.630. The van der Waals surface area contributed by atoms with E-state index in [-0.39, 0.29) is 6.10 Å². The average Bonchev–Trinajstić information content (AvgIpc) is 2.41. The number of nitrogen functional groups attached to an aromatic ring is 1. The highest BCUT2D eigenvalue weighted by atomic mass is 16.5. The molecule has 4 heteroatoms. The lowest BCUT2D eigenvalue weighted by Crippen LogP contribution is -2.22. The number of aliphatic hydroxyl groups is 1. The molecule has 100 valence electrons. The summed E-state index contributed by atoms with van der Waals surface area (Å²) in [5, 5.41) is 10.3. The molecule has 0 aliphatic carbocycles. The molecule has 0 spiro atoms. The SMILES string of the molecule is COC(c1ccccc1)C(O)Cc1ccnc(N)c1. The number of nitrogens with two attached hydrogens (primary N) is 1. The van der Waals surface area contributed by atoms with Gasteiger partial charge in [0.25, 0.3) is 0 Å². The number of aliphatic hydroxyl groups excluding tert-OH is 1. The average molecular weight is 258 g/mol. The Hall–Kier alpha value is -1.91. The van der Waals surface area contributed by atoms with Gasteiger partial charge in [0.05, 0.1) is 6.10 Å². The van der Waals surface area contributed by atoms with Crippen molar-refractivity contribution in [3.63, 3.8) is 0 Å². The van der Waals surface area contributed by atoms with E-state index in [1.807, 2.05) is 36.4 Å². The first-order valence-electron chi connectivity index (χ1n) is 6.17. The smallest absolute Gasteiger partial charge is 0.123 e. The van der Waals surface area contributed by atoms with Crippen LogP contribution in [0.4, 0.5) is 5.82 Å². The Morgan fingerprint density at radius 2 is 2.00 bits per heavy atom. The standard InChI is InChI=1S/C15H18N2O2/c1-19-15(12-5-3-2-4-6-12)13(18)9-11-7-8-17-14(16)10-11/h2-8,10,13,15,18H,9H2,1H3,(H2,16,17). The van der Waals surface area contributed by atoms with Crippen LogP contribution in [0.1, 0.15) is 17.2 Å². The number of aromatic nitrogens is 1. The number of hydrogen-bond acceptors (Lipinski definition) is 4. The summed E-state index contributed by atoms with van der Waals surface area (Å²) in [6.07, 6.45) is 1.13. The van der Waals surface area contributed by atoms with E-state index in [1.54, 1.807) is 19.4 Å². The van der Waals surface area contributed by atoms with Crippen LogP contribution < -0.4 is 5.73 Å². The largest absolute Gasteiger partial charge is 0.390 e. The molecule has 2 aromatic rings. The number of methoxy groups -OCH3 is 1. The number of hydrogen-bond donors (Lipinski definition) is 2. The molecule has 0 saturated heterocycles. The summed E-state index contributed by atoms with van der Waals surface area (Å²) in [5.41, 5.74) is 7.53. The third kappa shape index (κ3) is 3.53. The van der Waals surface area contributed by atoms with Crippen molar-refractivity contribution in [2.45, 2.75) is 18.6 Å². The van der Waals surface area contributed by atoms with Gasteiger partial charge in [0.1, 0.15) is 11.9 Å². The molecule has 1 heterocycles. The van der Waals surface area contributed by atoms with E-state index in [0.29, 0.717) is 12.2 Å². The number of rotatable bonds is 5. The fraction of sp³-hybridized carbons (Fsp3) is 0.267. The van der Waals surface area contributed by atoms with Crippen LogP contribution >= 0.6 is 0 Å². The zero-order chi connectivity index (χ0) is 13.7. The van der Waals surface area contributed by atoms with Gasteiger partial charge in [0.2, 0.25) is 0 Å². The molecule has 1 aromatic carbocycles. The molecule has 0 saturated carbocycles. The van der Waals surface area contributed by atoms with E-state index in [9.17, 15) is 5.11 Å². The molecular formula is C15H18N2O2. The highest BCUT2D eigenvalue weighted by molar-refractivity contribution is 5.32. The molecule has 3 N–H and O–H groups in total. The summed E-state index contributed by atoms with van der Waals surface area (Å²) in [4.78, 5) is 3.94. The molecule has 0 bridgehead atoms. The van der Waals surface area contributed by atoms with Crippen molar-refractivity contribution < 1.29 is 9.84 Å². The minimum Gasteiger partial charge on any atom is -0.390 e. The predicted molar refractivity (Wildman–Crippen MR) is 74.6 cm³/mol. The fourth-order valence-electron chi connectivity index (χ4n) is 2.13. The Morgan fingerprint density at radius 3 is 2.63 bits per heavy atom. The molecule has 0 aliphatic heterocycles. The van der Waals surface area contributed by atoms with Crippen molar-refractivity contribution in [2.24, 2.45) is 0 Å². The van der Waals surface area contributed by atoms with Gasteiger partial charge < -0.3 is 15.6 Å². The molecule has 0 amide bonds. The van der Waals surface area contributed by atoms with Crippen LogP contribution in [0.25, 0.3) is 0 Å². The first-order chi connectivity index (χ1) is 9.20. The third-order valence-electron chi connectivity index (χ3n) is 3.02. The van der Waals surface area contributed by atoms with Gasteiger partial charge in [0.15, 0.2) is 0 Å². The van der Waals surface area contributed by atoms with Crippen LogP contribution in [-0.4, -0.2) is 23.3 Å². The Morgan fingerprint density at radius 1 is 1.26 bits per heavy atom. The Balaban J connectivity index is 2.11. The topological polar surface area (TPSA) is 68.4 Å². The van der Waals surface area contributed by atoms with Crippen LogP contribution in [0.15, 0.2) is 48.7 Å². The highest BCUT2D eigenvalue weighted by Crippen LogP contribution is 2.23. The second-order valence-corrected chi connectivity index (χ2v) is 4.43. The van der Waals surface area contributed by atoms with Gasteiger partial charge >= 0.3 is 0 Å². The van der Waals surface area contributed by atoms with Gasteiger partial charge in [0, 0.05) is 19.7 Å². The molecule has 0 fully saturated rings. The second-order valence-electron chi connectivity index (χ2n) is 4.43. The van der Waals surface area contributed by atoms with E-state index < -0.39 is 6.10 Å². The lowest BCUT2D eigenvalue weighted by Gasteiger charge is -2.22. The molecule has 0 radical (unpaired) electrons. The quantitative estimate of drug-likeness (QED) is 0.860. The first kappa shape index (κ1) is 13.5. The highest BCUT2D eigenvalue weighted by Gasteiger charge is 2.20. The van der Waals surface area contributed by atoms with Crippen LogP contribution in [-0.2, 0) is 11.2 Å². The second kappa shape index (κ2) is 6.31. The number of benzene rings is 1. The van der Waals surface area contributed by atoms with Gasteiger partial charge in [-0.3, -0.25) is 0 Å². The molecule has 19 heavy (non-hydrogen) atoms. The lowest BCUT2D eigenvalue weighted by atomic mass is 9.99. The zero-order valence-corrected chi connectivity index (χ0v) is 10.9. The van der Waals surface area contributed by atoms with Crippen LogP contribution in [0.3, 0.4) is 0 Å². The lowest BCUT2D eigenvalue weighted by molar-refractivity contribution is -0.0128. The van der Waals surface area contributed by atoms with Gasteiger partial charge in [-0.1, -0.05) is 30.3 Å². The van der Waals surface area contributed by atoms with Gasteiger partial charge in [-0.05, 0) is 23.3 Å². The number of pyridine rings is 1. The summed E-state index contributed by atoms with van der Waals surface area (Å²) < 4.78 is 5.40. The van der Waals surface area contributed by atoms with Crippen molar-refractivity contribution in [1.82, 2.24) is 4.98 Å². The minimum absolute atomic E-state index is 0.351. The molecule has 0 aliphatic rings. The summed E-state index contributed by atoms with van der Waals surface area (Å²) >= 11 is 0.